The molecule has 0 bridgehead atoms. The van der Waals surface area contributed by atoms with Crippen molar-refractivity contribution in [3.8, 4) is 5.75 Å². The molecule has 0 N–H and O–H groups in total. The van der Waals surface area contributed by atoms with Gasteiger partial charge in [0.2, 0.25) is 5.75 Å². The third-order valence-electron chi connectivity index (χ3n) is 5.35. The number of hydrogen-bond donors (Lipinski definition) is 0. The number of aryl methyl sites for hydroxylation is 1. The lowest BCUT2D eigenvalue weighted by molar-refractivity contribution is -0.452. The first-order chi connectivity index (χ1) is 12.6. The highest BCUT2D eigenvalue weighted by molar-refractivity contribution is 5.78. The molecule has 0 radical (unpaired) electrons. The van der Waals surface area contributed by atoms with Crippen molar-refractivity contribution in [2.24, 2.45) is 0 Å². The van der Waals surface area contributed by atoms with E-state index in [0.29, 0.717) is 12.6 Å². The van der Waals surface area contributed by atoms with E-state index >= 15 is 0 Å². The first kappa shape index (κ1) is 16.8. The third-order valence-corrected chi connectivity index (χ3v) is 5.35. The lowest BCUT2D eigenvalue weighted by Crippen LogP contribution is -2.07. The Kier molecular flexibility index (Phi) is 4.45. The summed E-state index contributed by atoms with van der Waals surface area (Å²) in [5.41, 5.74) is 4.73. The Morgan fingerprint density at radius 2 is 1.88 bits per heavy atom. The summed E-state index contributed by atoms with van der Waals surface area (Å²) in [6, 6.07) is 11.1. The van der Waals surface area contributed by atoms with Crippen LogP contribution in [0.4, 0.5) is 11.4 Å². The molecule has 5 heteroatoms. The molecule has 5 nitrogen and oxygen atoms in total. The molecule has 1 saturated carbocycles. The van der Waals surface area contributed by atoms with Crippen LogP contribution in [0.1, 0.15) is 54.7 Å². The lowest BCUT2D eigenvalue weighted by Gasteiger charge is -2.22. The van der Waals surface area contributed by atoms with Crippen LogP contribution in [-0.2, 0) is 0 Å². The van der Waals surface area contributed by atoms with Crippen molar-refractivity contribution < 1.29 is 14.2 Å². The van der Waals surface area contributed by atoms with Gasteiger partial charge in [0.25, 0.3) is 18.1 Å². The average molecular weight is 351 g/mol. The number of nitro benzene ring substituents is 1. The lowest BCUT2D eigenvalue weighted by atomic mass is 9.83. The number of nitro groups is 1. The van der Waals surface area contributed by atoms with Crippen molar-refractivity contribution in [3.63, 3.8) is 0 Å². The highest BCUT2D eigenvalue weighted by atomic mass is 16.6. The van der Waals surface area contributed by atoms with Gasteiger partial charge < -0.3 is 4.74 Å². The van der Waals surface area contributed by atoms with Crippen LogP contribution in [0.15, 0.2) is 36.4 Å². The predicted molar refractivity (Wildman–Crippen MR) is 101 cm³/mol. The molecule has 134 valence electrons. The Labute approximate surface area is 153 Å². The van der Waals surface area contributed by atoms with Crippen LogP contribution in [-0.4, -0.2) is 22.4 Å². The summed E-state index contributed by atoms with van der Waals surface area (Å²) in [6.07, 6.45) is 8.42. The maximum Gasteiger partial charge on any atom is 0.293 e. The SMILES string of the molecule is Cc1cc(C2CCCCC2)c2c(c1)/[N+](=C\c1ccc([N+](=O)[O-])cc1)CO2. The first-order valence-corrected chi connectivity index (χ1v) is 9.25. The van der Waals surface area contributed by atoms with E-state index in [1.54, 1.807) is 12.1 Å². The maximum atomic E-state index is 10.8. The molecule has 0 amide bonds. The minimum absolute atomic E-state index is 0.107. The Hall–Kier alpha value is -2.69. The molecule has 0 spiro atoms. The van der Waals surface area contributed by atoms with Crippen molar-refractivity contribution in [3.05, 3.63) is 63.2 Å². The first-order valence-electron chi connectivity index (χ1n) is 9.25. The zero-order chi connectivity index (χ0) is 18.1. The van der Waals surface area contributed by atoms with E-state index in [2.05, 4.69) is 23.6 Å². The summed E-state index contributed by atoms with van der Waals surface area (Å²) < 4.78 is 8.16. The van der Waals surface area contributed by atoms with Crippen LogP contribution in [0.2, 0.25) is 0 Å². The summed E-state index contributed by atoms with van der Waals surface area (Å²) in [5.74, 6) is 1.61. The minimum Gasteiger partial charge on any atom is -0.429 e. The third kappa shape index (κ3) is 3.21. The van der Waals surface area contributed by atoms with Crippen molar-refractivity contribution in [2.75, 3.05) is 6.73 Å². The number of fused-ring (bicyclic) bond motifs is 1. The van der Waals surface area contributed by atoms with E-state index in [9.17, 15) is 10.1 Å². The van der Waals surface area contributed by atoms with E-state index in [4.69, 9.17) is 4.74 Å². The summed E-state index contributed by atoms with van der Waals surface area (Å²) in [5, 5.41) is 10.8. The Morgan fingerprint density at radius 3 is 2.58 bits per heavy atom. The number of nitrogens with zero attached hydrogens (tertiary/aromatic N) is 2. The summed E-state index contributed by atoms with van der Waals surface area (Å²) in [4.78, 5) is 10.4. The van der Waals surface area contributed by atoms with Crippen molar-refractivity contribution in [1.29, 1.82) is 0 Å². The molecule has 2 aromatic rings. The largest absolute Gasteiger partial charge is 0.429 e. The molecule has 0 unspecified atom stereocenters. The van der Waals surface area contributed by atoms with Crippen molar-refractivity contribution in [2.45, 2.75) is 44.9 Å². The van der Waals surface area contributed by atoms with Crippen LogP contribution in [0.5, 0.6) is 5.75 Å². The topological polar surface area (TPSA) is 55.4 Å². The molecular formula is C21H23N2O3+. The maximum absolute atomic E-state index is 10.8. The van der Waals surface area contributed by atoms with Gasteiger partial charge in [0.15, 0.2) is 6.21 Å². The van der Waals surface area contributed by atoms with Crippen molar-refractivity contribution in [1.82, 2.24) is 0 Å². The van der Waals surface area contributed by atoms with Crippen LogP contribution >= 0.6 is 0 Å². The van der Waals surface area contributed by atoms with Gasteiger partial charge >= 0.3 is 0 Å². The molecule has 4 rings (SSSR count). The van der Waals surface area contributed by atoms with E-state index in [-0.39, 0.29) is 10.6 Å². The van der Waals surface area contributed by atoms with Crippen LogP contribution in [0, 0.1) is 17.0 Å². The van der Waals surface area contributed by atoms with Gasteiger partial charge in [0.1, 0.15) is 0 Å². The van der Waals surface area contributed by atoms with Gasteiger partial charge in [0.05, 0.1) is 4.92 Å². The van der Waals surface area contributed by atoms with Gasteiger partial charge in [-0.1, -0.05) is 25.3 Å². The molecule has 0 saturated heterocycles. The smallest absolute Gasteiger partial charge is 0.293 e. The van der Waals surface area contributed by atoms with Crippen LogP contribution in [0.25, 0.3) is 0 Å². The quantitative estimate of drug-likeness (QED) is 0.441. The minimum atomic E-state index is -0.377. The Bertz CT molecular complexity index is 866. The second kappa shape index (κ2) is 6.90. The molecule has 1 fully saturated rings. The van der Waals surface area contributed by atoms with Crippen LogP contribution < -0.4 is 4.74 Å². The van der Waals surface area contributed by atoms with E-state index < -0.39 is 0 Å². The number of rotatable bonds is 3. The van der Waals surface area contributed by atoms with Gasteiger partial charge in [-0.25, -0.2) is 0 Å². The summed E-state index contributed by atoms with van der Waals surface area (Å²) in [7, 11) is 0. The Balaban J connectivity index is 1.68. The molecule has 2 aromatic carbocycles. The monoisotopic (exact) mass is 351 g/mol. The van der Waals surface area contributed by atoms with E-state index in [1.165, 1.54) is 55.4 Å². The van der Waals surface area contributed by atoms with E-state index in [1.807, 2.05) is 6.21 Å². The fraction of sp³-hybridized carbons (Fsp3) is 0.381. The number of hydrogen-bond acceptors (Lipinski definition) is 3. The number of non-ortho nitro benzene ring substituents is 1. The highest BCUT2D eigenvalue weighted by Gasteiger charge is 2.31. The molecule has 1 aliphatic carbocycles. The van der Waals surface area contributed by atoms with Crippen LogP contribution in [0.3, 0.4) is 0 Å². The Morgan fingerprint density at radius 1 is 1.15 bits per heavy atom. The molecular weight excluding hydrogens is 328 g/mol. The van der Waals surface area contributed by atoms with Gasteiger partial charge in [0, 0.05) is 29.3 Å². The average Bonchev–Trinajstić information content (AvgIpc) is 3.05. The second-order valence-electron chi connectivity index (χ2n) is 7.26. The predicted octanol–water partition coefficient (Wildman–Crippen LogP) is 5.06. The van der Waals surface area contributed by atoms with Gasteiger partial charge in [-0.2, -0.15) is 4.58 Å². The number of benzene rings is 2. The fourth-order valence-electron chi connectivity index (χ4n) is 4.04. The second-order valence-corrected chi connectivity index (χ2v) is 7.26. The van der Waals surface area contributed by atoms with Gasteiger partial charge in [-0.15, -0.1) is 0 Å². The molecule has 26 heavy (non-hydrogen) atoms. The molecule has 0 atom stereocenters. The normalized spacial score (nSPS) is 18.6. The van der Waals surface area contributed by atoms with Gasteiger partial charge in [-0.05, 0) is 43.4 Å². The molecule has 2 aliphatic rings. The van der Waals surface area contributed by atoms with Crippen molar-refractivity contribution >= 4 is 17.6 Å². The molecule has 1 aliphatic heterocycles. The zero-order valence-corrected chi connectivity index (χ0v) is 15.0. The molecule has 0 aromatic heterocycles. The summed E-state index contributed by atoms with van der Waals surface area (Å²) in [6.45, 7) is 2.62. The fourth-order valence-corrected chi connectivity index (χ4v) is 4.04. The number of ether oxygens (including phenoxy) is 1. The zero-order valence-electron chi connectivity index (χ0n) is 15.0. The van der Waals surface area contributed by atoms with E-state index in [0.717, 1.165) is 17.0 Å². The standard InChI is InChI=1S/C21H23N2O3/c1-15-11-19(17-5-3-2-4-6-17)21-20(12-15)22(14-26-21)13-16-7-9-18(10-8-16)23(24)25/h7-13,17H,2-6,14H2,1H3/q+1/b22-13-. The molecule has 1 heterocycles. The highest BCUT2D eigenvalue weighted by Crippen LogP contribution is 2.44. The summed E-state index contributed by atoms with van der Waals surface area (Å²) >= 11 is 0. The van der Waals surface area contributed by atoms with Gasteiger partial charge in [-0.3, -0.25) is 10.1 Å².